The topological polar surface area (TPSA) is 97.4 Å². The zero-order valence-corrected chi connectivity index (χ0v) is 19.2. The zero-order valence-electron chi connectivity index (χ0n) is 16.8. The summed E-state index contributed by atoms with van der Waals surface area (Å²) in [5.74, 6) is -0.684. The molecule has 0 aliphatic carbocycles. The number of nitrogens with zero attached hydrogens (tertiary/aromatic N) is 1. The lowest BCUT2D eigenvalue weighted by Crippen LogP contribution is -2.42. The van der Waals surface area contributed by atoms with E-state index in [1.54, 1.807) is 34.8 Å². The van der Waals surface area contributed by atoms with E-state index in [-0.39, 0.29) is 0 Å². The normalized spacial score (nSPS) is 10.5. The van der Waals surface area contributed by atoms with Gasteiger partial charge in [0, 0.05) is 27.5 Å². The third-order valence-electron chi connectivity index (χ3n) is 3.97. The number of aryl methyl sites for hydroxylation is 1. The van der Waals surface area contributed by atoms with E-state index in [2.05, 4.69) is 15.6 Å². The van der Waals surface area contributed by atoms with Crippen molar-refractivity contribution in [3.8, 4) is 0 Å². The minimum atomic E-state index is -0.690. The number of ether oxygens (including phenoxy) is 1. The number of carbonyl (C=O) groups excluding carboxylic acids is 3. The van der Waals surface area contributed by atoms with Crippen molar-refractivity contribution in [3.05, 3.63) is 68.3 Å². The lowest BCUT2D eigenvalue weighted by Gasteiger charge is -2.09. The van der Waals surface area contributed by atoms with Gasteiger partial charge in [-0.1, -0.05) is 18.2 Å². The van der Waals surface area contributed by atoms with E-state index in [0.29, 0.717) is 24.3 Å². The Morgan fingerprint density at radius 3 is 2.71 bits per heavy atom. The Bertz CT molecular complexity index is 1030. The van der Waals surface area contributed by atoms with Gasteiger partial charge in [0.2, 0.25) is 0 Å². The molecule has 1 aromatic carbocycles. The first-order chi connectivity index (χ1) is 15.0. The molecule has 31 heavy (non-hydrogen) atoms. The van der Waals surface area contributed by atoms with Gasteiger partial charge in [-0.05, 0) is 36.9 Å². The van der Waals surface area contributed by atoms with Gasteiger partial charge in [0.15, 0.2) is 6.61 Å². The number of aromatic nitrogens is 1. The molecule has 0 saturated heterocycles. The molecule has 0 fully saturated rings. The number of thioether (sulfide) groups is 1. The summed E-state index contributed by atoms with van der Waals surface area (Å²) >= 11 is 4.65. The number of hydrogen-bond acceptors (Lipinski definition) is 8. The molecule has 7 nitrogen and oxygen atoms in total. The van der Waals surface area contributed by atoms with Gasteiger partial charge >= 0.3 is 12.0 Å². The van der Waals surface area contributed by atoms with Crippen molar-refractivity contribution in [3.63, 3.8) is 0 Å². The zero-order chi connectivity index (χ0) is 22.1. The van der Waals surface area contributed by atoms with Crippen LogP contribution in [0.25, 0.3) is 0 Å². The van der Waals surface area contributed by atoms with Gasteiger partial charge in [-0.2, -0.15) is 0 Å². The number of esters is 1. The Labute approximate surface area is 192 Å². The highest BCUT2D eigenvalue weighted by Crippen LogP contribution is 2.27. The first-order valence-electron chi connectivity index (χ1n) is 9.41. The second kappa shape index (κ2) is 11.6. The molecule has 0 radical (unpaired) electrons. The van der Waals surface area contributed by atoms with Crippen molar-refractivity contribution < 1.29 is 19.1 Å². The lowest BCUT2D eigenvalue weighted by molar-refractivity contribution is -0.123. The highest BCUT2D eigenvalue weighted by molar-refractivity contribution is 7.98. The van der Waals surface area contributed by atoms with Crippen LogP contribution in [0.3, 0.4) is 0 Å². The predicted molar refractivity (Wildman–Crippen MR) is 123 cm³/mol. The molecule has 0 bridgehead atoms. The maximum absolute atomic E-state index is 12.4. The van der Waals surface area contributed by atoms with Crippen LogP contribution in [-0.2, 0) is 21.7 Å². The van der Waals surface area contributed by atoms with Crippen LogP contribution >= 0.6 is 34.4 Å². The third kappa shape index (κ3) is 7.50. The summed E-state index contributed by atoms with van der Waals surface area (Å²) in [6.45, 7) is 1.81. The minimum absolute atomic E-state index is 0.368. The fraction of sp³-hybridized carbons (Fsp3) is 0.238. The van der Waals surface area contributed by atoms with Crippen molar-refractivity contribution in [2.24, 2.45) is 0 Å². The number of amides is 3. The predicted octanol–water partition coefficient (Wildman–Crippen LogP) is 4.03. The number of hydrogen-bond donors (Lipinski definition) is 2. The van der Waals surface area contributed by atoms with E-state index in [1.165, 1.54) is 11.8 Å². The van der Waals surface area contributed by atoms with E-state index in [0.717, 1.165) is 20.5 Å². The molecule has 3 amide bonds. The molecule has 0 atom stereocenters. The Hall–Kier alpha value is -2.69. The van der Waals surface area contributed by atoms with Crippen LogP contribution in [-0.4, -0.2) is 36.0 Å². The molecule has 0 spiro atoms. The molecule has 3 rings (SSSR count). The summed E-state index contributed by atoms with van der Waals surface area (Å²) in [6, 6.07) is 10.3. The number of urea groups is 1. The standard InChI is InChI=1S/C21H21N3O4S3/c1-14-23-15(12-30-14)13-31-18-7-3-2-6-17(18)20(26)28-11-19(25)24-21(27)22-9-8-16-5-4-10-29-16/h2-7,10,12H,8-9,11,13H2,1H3,(H2,22,24,25,27). The van der Waals surface area contributed by atoms with Crippen LogP contribution in [0.5, 0.6) is 0 Å². The van der Waals surface area contributed by atoms with E-state index >= 15 is 0 Å². The van der Waals surface area contributed by atoms with Crippen LogP contribution in [0.2, 0.25) is 0 Å². The largest absolute Gasteiger partial charge is 0.452 e. The molecular formula is C21H21N3O4S3. The quantitative estimate of drug-likeness (QED) is 0.358. The molecule has 0 saturated carbocycles. The van der Waals surface area contributed by atoms with E-state index in [4.69, 9.17) is 4.74 Å². The Morgan fingerprint density at radius 2 is 1.97 bits per heavy atom. The van der Waals surface area contributed by atoms with Crippen molar-refractivity contribution >= 4 is 52.3 Å². The highest BCUT2D eigenvalue weighted by atomic mass is 32.2. The molecule has 0 aliphatic rings. The SMILES string of the molecule is Cc1nc(CSc2ccccc2C(=O)OCC(=O)NC(=O)NCCc2cccs2)cs1. The average molecular weight is 476 g/mol. The minimum Gasteiger partial charge on any atom is -0.452 e. The van der Waals surface area contributed by atoms with Crippen LogP contribution in [0, 0.1) is 6.92 Å². The molecule has 2 N–H and O–H groups in total. The number of rotatable bonds is 9. The van der Waals surface area contributed by atoms with E-state index in [9.17, 15) is 14.4 Å². The van der Waals surface area contributed by atoms with Gasteiger partial charge in [-0.15, -0.1) is 34.4 Å². The number of thiazole rings is 1. The summed E-state index contributed by atoms with van der Waals surface area (Å²) in [6.07, 6.45) is 0.684. The maximum Gasteiger partial charge on any atom is 0.339 e. The first-order valence-corrected chi connectivity index (χ1v) is 12.2. The van der Waals surface area contributed by atoms with Gasteiger partial charge in [0.25, 0.3) is 5.91 Å². The van der Waals surface area contributed by atoms with Crippen LogP contribution < -0.4 is 10.6 Å². The van der Waals surface area contributed by atoms with Gasteiger partial charge in [0.1, 0.15) is 0 Å². The number of imide groups is 1. The Kier molecular flexibility index (Phi) is 8.63. The monoisotopic (exact) mass is 475 g/mol. The number of carbonyl (C=O) groups is 3. The van der Waals surface area contributed by atoms with Crippen molar-refractivity contribution in [2.75, 3.05) is 13.2 Å². The van der Waals surface area contributed by atoms with Crippen LogP contribution in [0.15, 0.2) is 52.1 Å². The summed E-state index contributed by atoms with van der Waals surface area (Å²) in [7, 11) is 0. The Balaban J connectivity index is 1.43. The van der Waals surface area contributed by atoms with Gasteiger partial charge in [-0.3, -0.25) is 10.1 Å². The molecule has 2 heterocycles. The summed E-state index contributed by atoms with van der Waals surface area (Å²) < 4.78 is 5.09. The molecule has 0 aliphatic heterocycles. The second-order valence-corrected chi connectivity index (χ2v) is 9.46. The maximum atomic E-state index is 12.4. The number of benzene rings is 1. The molecular weight excluding hydrogens is 454 g/mol. The van der Waals surface area contributed by atoms with Crippen LogP contribution in [0.4, 0.5) is 4.79 Å². The van der Waals surface area contributed by atoms with Gasteiger partial charge < -0.3 is 10.1 Å². The van der Waals surface area contributed by atoms with Gasteiger partial charge in [0.05, 0.1) is 16.3 Å². The first kappa shape index (κ1) is 23.0. The molecule has 2 aromatic heterocycles. The molecule has 3 aromatic rings. The fourth-order valence-corrected chi connectivity index (χ4v) is 4.92. The summed E-state index contributed by atoms with van der Waals surface area (Å²) in [4.78, 5) is 42.4. The Morgan fingerprint density at radius 1 is 1.13 bits per heavy atom. The third-order valence-corrected chi connectivity index (χ3v) is 6.84. The van der Waals surface area contributed by atoms with Crippen molar-refractivity contribution in [1.82, 2.24) is 15.6 Å². The van der Waals surface area contributed by atoms with Crippen molar-refractivity contribution in [1.29, 1.82) is 0 Å². The van der Waals surface area contributed by atoms with E-state index < -0.39 is 24.5 Å². The summed E-state index contributed by atoms with van der Waals surface area (Å²) in [5, 5.41) is 9.69. The van der Waals surface area contributed by atoms with Gasteiger partial charge in [-0.25, -0.2) is 14.6 Å². The molecule has 0 unspecified atom stereocenters. The highest BCUT2D eigenvalue weighted by Gasteiger charge is 2.16. The molecule has 10 heteroatoms. The average Bonchev–Trinajstić information content (AvgIpc) is 3.42. The fourth-order valence-electron chi connectivity index (χ4n) is 2.56. The van der Waals surface area contributed by atoms with Crippen molar-refractivity contribution in [2.45, 2.75) is 24.0 Å². The lowest BCUT2D eigenvalue weighted by atomic mass is 10.2. The smallest absolute Gasteiger partial charge is 0.339 e. The van der Waals surface area contributed by atoms with Crippen LogP contribution in [0.1, 0.15) is 25.9 Å². The second-order valence-electron chi connectivity index (χ2n) is 6.35. The number of nitrogens with one attached hydrogen (secondary N) is 2. The number of thiophene rings is 1. The van der Waals surface area contributed by atoms with E-state index in [1.807, 2.05) is 41.9 Å². The molecule has 162 valence electrons. The summed E-state index contributed by atoms with van der Waals surface area (Å²) in [5.41, 5.74) is 1.31.